The average molecular weight is 417 g/mol. The first-order chi connectivity index (χ1) is 13.1. The first-order valence-corrected chi connectivity index (χ1v) is 9.17. The number of aliphatic hydroxyl groups is 5. The quantitative estimate of drug-likeness (QED) is 0.350. The molecule has 5 unspecified atom stereocenters. The van der Waals surface area contributed by atoms with Gasteiger partial charge in [-0.3, -0.25) is 9.59 Å². The molecule has 1 aliphatic rings. The predicted molar refractivity (Wildman–Crippen MR) is 101 cm³/mol. The van der Waals surface area contributed by atoms with E-state index in [9.17, 15) is 30.0 Å². The van der Waals surface area contributed by atoms with Gasteiger partial charge in [0, 0.05) is 37.3 Å². The van der Waals surface area contributed by atoms with Gasteiger partial charge in [-0.1, -0.05) is 11.6 Å². The summed E-state index contributed by atoms with van der Waals surface area (Å²) in [6.07, 6.45) is -6.68. The number of aliphatic hydroxyl groups excluding tert-OH is 5. The minimum absolute atomic E-state index is 0.0102. The highest BCUT2D eigenvalue weighted by atomic mass is 35.5. The van der Waals surface area contributed by atoms with Gasteiger partial charge in [0.25, 0.3) is 0 Å². The molecule has 2 amide bonds. The summed E-state index contributed by atoms with van der Waals surface area (Å²) in [4.78, 5) is 27.5. The lowest BCUT2D eigenvalue weighted by molar-refractivity contribution is -0.141. The smallest absolute Gasteiger partial charge is 0.227 e. The molecular weight excluding hydrogens is 392 g/mol. The zero-order chi connectivity index (χ0) is 21.0. The summed E-state index contributed by atoms with van der Waals surface area (Å²) in [7, 11) is 1.41. The molecule has 1 fully saturated rings. The third kappa shape index (κ3) is 5.19. The molecule has 1 aromatic carbocycles. The van der Waals surface area contributed by atoms with E-state index in [2.05, 4.69) is 0 Å². The number of rotatable bonds is 8. The Morgan fingerprint density at radius 2 is 1.75 bits per heavy atom. The highest BCUT2D eigenvalue weighted by Gasteiger charge is 2.38. The standard InChI is InChI=1S/C18H25ClN2O7/c1-20(8-13(23)16(26)17(27)14(24)9-22)18(28)10-6-15(25)21(7-10)12-4-2-11(19)3-5-12/h2-5,10,13-14,16-17,22-24,26-27H,6-9H2,1H3. The first-order valence-electron chi connectivity index (χ1n) is 8.79. The normalized spacial score (nSPS) is 21.3. The maximum Gasteiger partial charge on any atom is 0.227 e. The van der Waals surface area contributed by atoms with E-state index in [1.807, 2.05) is 0 Å². The lowest BCUT2D eigenvalue weighted by Crippen LogP contribution is -2.50. The van der Waals surface area contributed by atoms with Crippen molar-refractivity contribution in [3.8, 4) is 0 Å². The Balaban J connectivity index is 1.96. The Morgan fingerprint density at radius 1 is 1.18 bits per heavy atom. The van der Waals surface area contributed by atoms with Gasteiger partial charge in [0.05, 0.1) is 12.5 Å². The van der Waals surface area contributed by atoms with Crippen molar-refractivity contribution in [2.45, 2.75) is 30.8 Å². The van der Waals surface area contributed by atoms with E-state index in [4.69, 9.17) is 16.7 Å². The van der Waals surface area contributed by atoms with Crippen LogP contribution >= 0.6 is 11.6 Å². The Bertz CT molecular complexity index is 687. The highest BCUT2D eigenvalue weighted by Crippen LogP contribution is 2.27. The molecule has 2 rings (SSSR count). The second kappa shape index (κ2) is 9.64. The molecule has 5 N–H and O–H groups in total. The topological polar surface area (TPSA) is 142 Å². The van der Waals surface area contributed by atoms with Crippen molar-refractivity contribution in [1.29, 1.82) is 0 Å². The monoisotopic (exact) mass is 416 g/mol. The lowest BCUT2D eigenvalue weighted by atomic mass is 10.0. The van der Waals surface area contributed by atoms with Crippen molar-refractivity contribution in [3.05, 3.63) is 29.3 Å². The molecular formula is C18H25ClN2O7. The molecule has 0 spiro atoms. The summed E-state index contributed by atoms with van der Waals surface area (Å²) in [5.74, 6) is -1.23. The molecule has 1 heterocycles. The van der Waals surface area contributed by atoms with E-state index >= 15 is 0 Å². The van der Waals surface area contributed by atoms with Crippen molar-refractivity contribution >= 4 is 29.1 Å². The summed E-state index contributed by atoms with van der Waals surface area (Å²) in [5.41, 5.74) is 0.629. The molecule has 5 atom stereocenters. The fourth-order valence-corrected chi connectivity index (χ4v) is 3.22. The second-order valence-corrected chi connectivity index (χ2v) is 7.34. The van der Waals surface area contributed by atoms with Crippen molar-refractivity contribution in [2.24, 2.45) is 5.92 Å². The molecule has 0 aromatic heterocycles. The van der Waals surface area contributed by atoms with Gasteiger partial charge >= 0.3 is 0 Å². The molecule has 0 aliphatic carbocycles. The summed E-state index contributed by atoms with van der Waals surface area (Å²) in [5, 5.41) is 48.2. The van der Waals surface area contributed by atoms with Gasteiger partial charge < -0.3 is 35.3 Å². The molecule has 10 heteroatoms. The summed E-state index contributed by atoms with van der Waals surface area (Å²) >= 11 is 5.84. The fraction of sp³-hybridized carbons (Fsp3) is 0.556. The third-order valence-corrected chi connectivity index (χ3v) is 5.03. The molecule has 1 saturated heterocycles. The third-order valence-electron chi connectivity index (χ3n) is 4.78. The van der Waals surface area contributed by atoms with Crippen LogP contribution in [0.4, 0.5) is 5.69 Å². The van der Waals surface area contributed by atoms with E-state index in [0.29, 0.717) is 10.7 Å². The zero-order valence-corrected chi connectivity index (χ0v) is 16.1. The number of anilines is 1. The van der Waals surface area contributed by atoms with E-state index in [0.717, 1.165) is 4.90 Å². The van der Waals surface area contributed by atoms with E-state index in [-0.39, 0.29) is 25.4 Å². The summed E-state index contributed by atoms with van der Waals surface area (Å²) in [6, 6.07) is 6.67. The number of benzene rings is 1. The number of nitrogens with zero attached hydrogens (tertiary/aromatic N) is 2. The molecule has 1 aliphatic heterocycles. The maximum atomic E-state index is 12.6. The van der Waals surface area contributed by atoms with Crippen molar-refractivity contribution in [2.75, 3.05) is 31.6 Å². The maximum absolute atomic E-state index is 12.6. The van der Waals surface area contributed by atoms with Crippen LogP contribution in [0.5, 0.6) is 0 Å². The molecule has 0 radical (unpaired) electrons. The van der Waals surface area contributed by atoms with Gasteiger partial charge in [0.15, 0.2) is 0 Å². The van der Waals surface area contributed by atoms with Crippen LogP contribution in [-0.4, -0.2) is 93.4 Å². The Morgan fingerprint density at radius 3 is 2.32 bits per heavy atom. The van der Waals surface area contributed by atoms with Crippen LogP contribution in [0, 0.1) is 5.92 Å². The van der Waals surface area contributed by atoms with Gasteiger partial charge in [-0.15, -0.1) is 0 Å². The second-order valence-electron chi connectivity index (χ2n) is 6.90. The molecule has 0 saturated carbocycles. The van der Waals surface area contributed by atoms with E-state index in [1.165, 1.54) is 11.9 Å². The van der Waals surface area contributed by atoms with Gasteiger partial charge in [0.1, 0.15) is 24.4 Å². The van der Waals surface area contributed by atoms with Crippen LogP contribution in [0.25, 0.3) is 0 Å². The Kier molecular flexibility index (Phi) is 7.76. The molecule has 1 aromatic rings. The number of amides is 2. The number of hydrogen-bond donors (Lipinski definition) is 5. The fourth-order valence-electron chi connectivity index (χ4n) is 3.10. The number of carbonyl (C=O) groups excluding carboxylic acids is 2. The lowest BCUT2D eigenvalue weighted by Gasteiger charge is -2.29. The van der Waals surface area contributed by atoms with Crippen molar-refractivity contribution < 1.29 is 35.1 Å². The van der Waals surface area contributed by atoms with Gasteiger partial charge in [-0.25, -0.2) is 0 Å². The number of carbonyl (C=O) groups is 2. The molecule has 0 bridgehead atoms. The first kappa shape index (κ1) is 22.5. The summed E-state index contributed by atoms with van der Waals surface area (Å²) < 4.78 is 0. The largest absolute Gasteiger partial charge is 0.394 e. The van der Waals surface area contributed by atoms with Gasteiger partial charge in [-0.05, 0) is 24.3 Å². The van der Waals surface area contributed by atoms with Crippen LogP contribution in [0.3, 0.4) is 0 Å². The zero-order valence-electron chi connectivity index (χ0n) is 15.3. The van der Waals surface area contributed by atoms with E-state index < -0.39 is 42.8 Å². The number of hydrogen-bond acceptors (Lipinski definition) is 7. The Labute approximate surface area is 167 Å². The van der Waals surface area contributed by atoms with Gasteiger partial charge in [0.2, 0.25) is 11.8 Å². The van der Waals surface area contributed by atoms with E-state index in [1.54, 1.807) is 24.3 Å². The average Bonchev–Trinajstić information content (AvgIpc) is 3.07. The minimum atomic E-state index is -1.77. The Hall–Kier alpha value is -1.75. The highest BCUT2D eigenvalue weighted by molar-refractivity contribution is 6.30. The molecule has 28 heavy (non-hydrogen) atoms. The number of likely N-dealkylation sites (N-methyl/N-ethyl adjacent to an activating group) is 1. The summed E-state index contributed by atoms with van der Waals surface area (Å²) in [6.45, 7) is -0.931. The van der Waals surface area contributed by atoms with Crippen LogP contribution in [0.1, 0.15) is 6.42 Å². The minimum Gasteiger partial charge on any atom is -0.394 e. The van der Waals surface area contributed by atoms with Crippen molar-refractivity contribution in [3.63, 3.8) is 0 Å². The van der Waals surface area contributed by atoms with Crippen LogP contribution in [-0.2, 0) is 9.59 Å². The molecule has 156 valence electrons. The predicted octanol–water partition coefficient (Wildman–Crippen LogP) is -1.41. The number of halogens is 1. The SMILES string of the molecule is CN(CC(O)C(O)C(O)C(O)CO)C(=O)C1CC(=O)N(c2ccc(Cl)cc2)C1. The van der Waals surface area contributed by atoms with Crippen LogP contribution in [0.15, 0.2) is 24.3 Å². The molecule has 9 nitrogen and oxygen atoms in total. The van der Waals surface area contributed by atoms with Crippen molar-refractivity contribution in [1.82, 2.24) is 4.90 Å². The van der Waals surface area contributed by atoms with Crippen LogP contribution in [0.2, 0.25) is 5.02 Å². The van der Waals surface area contributed by atoms with Crippen LogP contribution < -0.4 is 4.90 Å². The van der Waals surface area contributed by atoms with Gasteiger partial charge in [-0.2, -0.15) is 0 Å².